The zero-order valence-electron chi connectivity index (χ0n) is 20.0. The first-order chi connectivity index (χ1) is 15.4. The highest BCUT2D eigenvalue weighted by molar-refractivity contribution is 7.53. The van der Waals surface area contributed by atoms with Crippen LogP contribution in [0, 0.1) is 0 Å². The summed E-state index contributed by atoms with van der Waals surface area (Å²) >= 11 is 0. The second-order valence-electron chi connectivity index (χ2n) is 7.95. The maximum absolute atomic E-state index is 13.1. The summed E-state index contributed by atoms with van der Waals surface area (Å²) in [6, 6.07) is 0. The quantitative estimate of drug-likeness (QED) is 0.267. The summed E-state index contributed by atoms with van der Waals surface area (Å²) in [5.74, 6) is 0. The number of imidazole rings is 1. The van der Waals surface area contributed by atoms with Crippen LogP contribution >= 0.6 is 7.60 Å². The Hall–Kier alpha value is -1.70. The topological polar surface area (TPSA) is 97.3 Å². The Morgan fingerprint density at radius 2 is 1.56 bits per heavy atom. The normalized spacial score (nSPS) is 13.6. The number of nitrogens with zero attached hydrogens (tertiary/aromatic N) is 4. The van der Waals surface area contributed by atoms with Gasteiger partial charge in [0, 0.05) is 25.8 Å². The number of hydrogen-bond acceptors (Lipinski definition) is 6. The van der Waals surface area contributed by atoms with E-state index < -0.39 is 7.60 Å². The molecule has 0 saturated carbocycles. The molecule has 0 aromatic carbocycles. The monoisotopic (exact) mass is 470 g/mol. The Morgan fingerprint density at radius 3 is 2.19 bits per heavy atom. The molecule has 182 valence electrons. The van der Waals surface area contributed by atoms with Gasteiger partial charge in [0.1, 0.15) is 0 Å². The van der Waals surface area contributed by atoms with E-state index >= 15 is 0 Å². The van der Waals surface area contributed by atoms with Gasteiger partial charge in [0.15, 0.2) is 11.2 Å². The predicted molar refractivity (Wildman–Crippen MR) is 128 cm³/mol. The van der Waals surface area contributed by atoms with Crippen LogP contribution < -0.4 is 11.2 Å². The van der Waals surface area contributed by atoms with Gasteiger partial charge in [-0.05, 0) is 39.0 Å². The van der Waals surface area contributed by atoms with Crippen molar-refractivity contribution >= 4 is 18.8 Å². The van der Waals surface area contributed by atoms with Crippen LogP contribution in [0.15, 0.2) is 15.9 Å². The van der Waals surface area contributed by atoms with Gasteiger partial charge < -0.3 is 13.6 Å². The van der Waals surface area contributed by atoms with Crippen LogP contribution in [0.25, 0.3) is 11.2 Å². The maximum atomic E-state index is 13.1. The molecule has 32 heavy (non-hydrogen) atoms. The molecular formula is C22H39N4O5P. The van der Waals surface area contributed by atoms with Gasteiger partial charge in [0.25, 0.3) is 5.56 Å². The van der Waals surface area contributed by atoms with Crippen molar-refractivity contribution in [2.24, 2.45) is 0 Å². The highest BCUT2D eigenvalue weighted by Gasteiger charge is 2.20. The first kappa shape index (κ1) is 26.6. The van der Waals surface area contributed by atoms with Crippen LogP contribution in [-0.4, -0.2) is 38.1 Å². The summed E-state index contributed by atoms with van der Waals surface area (Å²) in [5, 5.41) is 0. The molecule has 10 heteroatoms. The summed E-state index contributed by atoms with van der Waals surface area (Å²) in [6.45, 7) is 10.1. The van der Waals surface area contributed by atoms with E-state index in [2.05, 4.69) is 11.9 Å². The van der Waals surface area contributed by atoms with Crippen molar-refractivity contribution in [2.75, 3.05) is 19.4 Å². The van der Waals surface area contributed by atoms with Crippen molar-refractivity contribution in [3.8, 4) is 0 Å². The predicted octanol–water partition coefficient (Wildman–Crippen LogP) is 4.40. The molecule has 0 aliphatic heterocycles. The van der Waals surface area contributed by atoms with Crippen LogP contribution in [0.5, 0.6) is 0 Å². The van der Waals surface area contributed by atoms with Gasteiger partial charge in [-0.2, -0.15) is 0 Å². The second kappa shape index (κ2) is 13.1. The van der Waals surface area contributed by atoms with Crippen molar-refractivity contribution in [3.63, 3.8) is 0 Å². The van der Waals surface area contributed by atoms with E-state index in [0.717, 1.165) is 44.9 Å². The van der Waals surface area contributed by atoms with Crippen molar-refractivity contribution in [1.29, 1.82) is 0 Å². The van der Waals surface area contributed by atoms with E-state index in [1.165, 1.54) is 4.57 Å². The average Bonchev–Trinajstić information content (AvgIpc) is 3.20. The largest absolute Gasteiger partial charge is 0.332 e. The Morgan fingerprint density at radius 1 is 0.875 bits per heavy atom. The minimum Gasteiger partial charge on any atom is -0.325 e. The number of fused-ring (bicyclic) bond motifs is 1. The van der Waals surface area contributed by atoms with Crippen molar-refractivity contribution in [1.82, 2.24) is 18.7 Å². The lowest BCUT2D eigenvalue weighted by molar-refractivity contribution is 0.209. The Bertz CT molecular complexity index is 1010. The molecule has 2 rings (SSSR count). The lowest BCUT2D eigenvalue weighted by atomic mass is 10.2. The number of aryl methyl sites for hydroxylation is 2. The molecule has 0 aliphatic carbocycles. The molecule has 2 aromatic rings. The summed E-state index contributed by atoms with van der Waals surface area (Å²) < 4.78 is 27.9. The van der Waals surface area contributed by atoms with E-state index in [-0.39, 0.29) is 11.2 Å². The van der Waals surface area contributed by atoms with Gasteiger partial charge in [0.2, 0.25) is 0 Å². The van der Waals surface area contributed by atoms with Crippen LogP contribution in [0.3, 0.4) is 0 Å². The molecule has 0 bridgehead atoms. The third-order valence-electron chi connectivity index (χ3n) is 5.50. The minimum absolute atomic E-state index is 0.257. The SMILES string of the molecule is CCCCn1c(=O)c2c(ncn2CCCCCOP(=O)(CC)OCC)n(CCCC)c1=O. The van der Waals surface area contributed by atoms with Gasteiger partial charge in [-0.15, -0.1) is 0 Å². The lowest BCUT2D eigenvalue weighted by Gasteiger charge is -2.15. The lowest BCUT2D eigenvalue weighted by Crippen LogP contribution is -2.40. The van der Waals surface area contributed by atoms with Gasteiger partial charge in [-0.3, -0.25) is 18.5 Å². The van der Waals surface area contributed by atoms with E-state index in [1.807, 2.05) is 11.5 Å². The fourth-order valence-corrected chi connectivity index (χ4v) is 4.86. The second-order valence-corrected chi connectivity index (χ2v) is 10.3. The zero-order chi connectivity index (χ0) is 23.6. The summed E-state index contributed by atoms with van der Waals surface area (Å²) in [7, 11) is -2.96. The van der Waals surface area contributed by atoms with Crippen LogP contribution in [0.4, 0.5) is 0 Å². The van der Waals surface area contributed by atoms with E-state index in [1.54, 1.807) is 24.7 Å². The number of rotatable bonds is 16. The molecule has 1 atom stereocenters. The molecule has 0 fully saturated rings. The summed E-state index contributed by atoms with van der Waals surface area (Å²) in [5.41, 5.74) is 0.457. The molecular weight excluding hydrogens is 431 g/mol. The van der Waals surface area contributed by atoms with Gasteiger partial charge in [-0.25, -0.2) is 9.78 Å². The molecule has 0 saturated heterocycles. The van der Waals surface area contributed by atoms with Crippen molar-refractivity contribution in [3.05, 3.63) is 27.2 Å². The third kappa shape index (κ3) is 6.65. The molecule has 0 N–H and O–H groups in total. The third-order valence-corrected chi connectivity index (χ3v) is 7.50. The number of aromatic nitrogens is 4. The number of unbranched alkanes of at least 4 members (excludes halogenated alkanes) is 4. The molecule has 1 unspecified atom stereocenters. The zero-order valence-corrected chi connectivity index (χ0v) is 20.9. The summed E-state index contributed by atoms with van der Waals surface area (Å²) in [4.78, 5) is 30.5. The number of hydrogen-bond donors (Lipinski definition) is 0. The van der Waals surface area contributed by atoms with Gasteiger partial charge in [0.05, 0.1) is 19.5 Å². The molecule has 2 heterocycles. The standard InChI is InChI=1S/C22H39N4O5P/c1-5-9-15-25-20-19(21(27)26(22(25)28)16-10-6-2)24(18-23-20)14-12-11-13-17-31-32(29,8-4)30-7-3/h18H,5-17H2,1-4H3. The van der Waals surface area contributed by atoms with Crippen molar-refractivity contribution < 1.29 is 13.6 Å². The highest BCUT2D eigenvalue weighted by Crippen LogP contribution is 2.47. The fraction of sp³-hybridized carbons (Fsp3) is 0.773. The molecule has 9 nitrogen and oxygen atoms in total. The van der Waals surface area contributed by atoms with Crippen molar-refractivity contribution in [2.45, 2.75) is 92.3 Å². The molecule has 0 aliphatic rings. The molecule has 2 aromatic heterocycles. The molecule has 0 spiro atoms. The van der Waals surface area contributed by atoms with Gasteiger partial charge >= 0.3 is 13.3 Å². The minimum atomic E-state index is -2.96. The Balaban J connectivity index is 2.11. The first-order valence-corrected chi connectivity index (χ1v) is 13.7. The van der Waals surface area contributed by atoms with Crippen LogP contribution in [-0.2, 0) is 33.2 Å². The summed E-state index contributed by atoms with van der Waals surface area (Å²) in [6.07, 6.45) is 7.97. The Labute approximate surface area is 190 Å². The van der Waals surface area contributed by atoms with Crippen LogP contribution in [0.2, 0.25) is 0 Å². The highest BCUT2D eigenvalue weighted by atomic mass is 31.2. The molecule has 0 amide bonds. The van der Waals surface area contributed by atoms with Gasteiger partial charge in [-0.1, -0.05) is 33.6 Å². The Kier molecular flexibility index (Phi) is 10.9. The fourth-order valence-electron chi connectivity index (χ4n) is 3.62. The van der Waals surface area contributed by atoms with E-state index in [4.69, 9.17) is 9.05 Å². The first-order valence-electron chi connectivity index (χ1n) is 12.0. The van der Waals surface area contributed by atoms with E-state index in [9.17, 15) is 14.2 Å². The smallest absolute Gasteiger partial charge is 0.325 e. The van der Waals surface area contributed by atoms with E-state index in [0.29, 0.717) is 50.2 Å². The molecule has 0 radical (unpaired) electrons. The average molecular weight is 471 g/mol. The maximum Gasteiger partial charge on any atom is 0.332 e. The van der Waals surface area contributed by atoms with Crippen LogP contribution in [0.1, 0.15) is 72.6 Å².